The summed E-state index contributed by atoms with van der Waals surface area (Å²) in [7, 11) is -1.56. The summed E-state index contributed by atoms with van der Waals surface area (Å²) in [6, 6.07) is 6.94. The van der Waals surface area contributed by atoms with E-state index in [0.29, 0.717) is 28.9 Å². The van der Waals surface area contributed by atoms with Crippen LogP contribution in [0.2, 0.25) is 0 Å². The molecular weight excluding hydrogens is 448 g/mol. The number of benzene rings is 1. The SMILES string of the molecule is Cn1cc(-c2cc(S(C)(=O)=O)ccc2OCCC23CC4CC(CC(C4)C2)C3)c2cc[nH]c(=O)c21. The number of fused-ring (bicyclic) bond motifs is 1. The van der Waals surface area contributed by atoms with Crippen LogP contribution in [0.25, 0.3) is 22.0 Å². The van der Waals surface area contributed by atoms with Crippen LogP contribution in [-0.4, -0.2) is 30.8 Å². The van der Waals surface area contributed by atoms with Gasteiger partial charge in [0.15, 0.2) is 9.84 Å². The first kappa shape index (κ1) is 22.0. The minimum Gasteiger partial charge on any atom is -0.493 e. The van der Waals surface area contributed by atoms with Crippen molar-refractivity contribution in [1.29, 1.82) is 0 Å². The van der Waals surface area contributed by atoms with E-state index in [1.54, 1.807) is 29.0 Å². The Morgan fingerprint density at radius 2 is 1.74 bits per heavy atom. The maximum atomic E-state index is 12.4. The third-order valence-corrected chi connectivity index (χ3v) is 9.73. The van der Waals surface area contributed by atoms with E-state index in [0.717, 1.165) is 35.1 Å². The first-order chi connectivity index (χ1) is 16.2. The van der Waals surface area contributed by atoms with E-state index in [-0.39, 0.29) is 10.5 Å². The monoisotopic (exact) mass is 480 g/mol. The summed E-state index contributed by atoms with van der Waals surface area (Å²) in [6.07, 6.45) is 14.1. The normalized spacial score (nSPS) is 28.0. The van der Waals surface area contributed by atoms with Crippen molar-refractivity contribution in [2.45, 2.75) is 49.8 Å². The lowest BCUT2D eigenvalue weighted by molar-refractivity contribution is -0.0622. The van der Waals surface area contributed by atoms with Crippen LogP contribution < -0.4 is 10.3 Å². The summed E-state index contributed by atoms with van der Waals surface area (Å²) in [5.41, 5.74) is 2.33. The third-order valence-electron chi connectivity index (χ3n) is 8.62. The first-order valence-corrected chi connectivity index (χ1v) is 14.2. The molecule has 6 nitrogen and oxygen atoms in total. The second-order valence-corrected chi connectivity index (χ2v) is 13.2. The van der Waals surface area contributed by atoms with Gasteiger partial charge in [0, 0.05) is 42.2 Å². The number of aryl methyl sites for hydroxylation is 1. The average Bonchev–Trinajstić information content (AvgIpc) is 3.10. The van der Waals surface area contributed by atoms with Gasteiger partial charge in [-0.3, -0.25) is 4.79 Å². The lowest BCUT2D eigenvalue weighted by Gasteiger charge is -2.57. The summed E-state index contributed by atoms with van der Waals surface area (Å²) in [4.78, 5) is 15.4. The molecule has 180 valence electrons. The molecule has 0 amide bonds. The fourth-order valence-corrected chi connectivity index (χ4v) is 8.28. The molecule has 0 atom stereocenters. The van der Waals surface area contributed by atoms with Crippen LogP contribution in [0.4, 0.5) is 0 Å². The van der Waals surface area contributed by atoms with Crippen molar-refractivity contribution in [2.24, 2.45) is 30.2 Å². The molecule has 4 bridgehead atoms. The number of aromatic nitrogens is 2. The molecule has 4 aliphatic carbocycles. The molecule has 4 aliphatic rings. The molecule has 0 spiro atoms. The van der Waals surface area contributed by atoms with Gasteiger partial charge in [0.05, 0.1) is 11.5 Å². The summed E-state index contributed by atoms with van der Waals surface area (Å²) in [5.74, 6) is 3.39. The molecule has 4 saturated carbocycles. The van der Waals surface area contributed by atoms with E-state index in [1.807, 2.05) is 19.3 Å². The summed E-state index contributed by atoms with van der Waals surface area (Å²) >= 11 is 0. The third kappa shape index (κ3) is 3.69. The molecule has 0 saturated heterocycles. The highest BCUT2D eigenvalue weighted by molar-refractivity contribution is 7.90. The fourth-order valence-electron chi connectivity index (χ4n) is 7.63. The van der Waals surface area contributed by atoms with E-state index in [9.17, 15) is 13.2 Å². The van der Waals surface area contributed by atoms with Crippen molar-refractivity contribution in [3.8, 4) is 16.9 Å². The number of nitrogens with zero attached hydrogens (tertiary/aromatic N) is 1. The smallest absolute Gasteiger partial charge is 0.272 e. The molecule has 3 aromatic rings. The summed E-state index contributed by atoms with van der Waals surface area (Å²) in [5, 5.41) is 0.780. The van der Waals surface area contributed by atoms with Crippen LogP contribution in [0.3, 0.4) is 0 Å². The molecule has 2 heterocycles. The Hall–Kier alpha value is -2.54. The van der Waals surface area contributed by atoms with Crippen LogP contribution in [0.5, 0.6) is 5.75 Å². The highest BCUT2D eigenvalue weighted by atomic mass is 32.2. The van der Waals surface area contributed by atoms with Crippen molar-refractivity contribution >= 4 is 20.7 Å². The van der Waals surface area contributed by atoms with Crippen LogP contribution >= 0.6 is 0 Å². The van der Waals surface area contributed by atoms with E-state index in [4.69, 9.17) is 4.74 Å². The van der Waals surface area contributed by atoms with E-state index in [1.165, 1.54) is 44.8 Å². The van der Waals surface area contributed by atoms with Crippen molar-refractivity contribution in [2.75, 3.05) is 12.9 Å². The highest BCUT2D eigenvalue weighted by Crippen LogP contribution is 2.61. The molecular formula is C27H32N2O4S. The van der Waals surface area contributed by atoms with Gasteiger partial charge in [-0.05, 0) is 92.4 Å². The number of hydrogen-bond donors (Lipinski definition) is 1. The van der Waals surface area contributed by atoms with Gasteiger partial charge in [-0.1, -0.05) is 0 Å². The number of hydrogen-bond acceptors (Lipinski definition) is 4. The topological polar surface area (TPSA) is 81.2 Å². The van der Waals surface area contributed by atoms with E-state index < -0.39 is 9.84 Å². The number of H-pyrrole nitrogens is 1. The zero-order valence-electron chi connectivity index (χ0n) is 19.8. The number of sulfone groups is 1. The molecule has 0 unspecified atom stereocenters. The second-order valence-electron chi connectivity index (χ2n) is 11.2. The van der Waals surface area contributed by atoms with Crippen molar-refractivity contribution in [1.82, 2.24) is 9.55 Å². The van der Waals surface area contributed by atoms with Crippen LogP contribution in [0.15, 0.2) is 46.3 Å². The standard InChI is InChI=1S/C27H32N2O4S/c1-29-16-23(21-5-7-28-26(30)25(21)29)22-12-20(34(2,31)32)3-4-24(22)33-8-6-27-13-17-9-18(14-27)11-19(10-17)15-27/h3-5,7,12,16-19H,6,8-11,13-15H2,1-2H3,(H,28,30). The zero-order chi connectivity index (χ0) is 23.7. The minimum absolute atomic E-state index is 0.171. The fraction of sp³-hybridized carbons (Fsp3) is 0.519. The highest BCUT2D eigenvalue weighted by Gasteiger charge is 2.50. The molecule has 1 N–H and O–H groups in total. The first-order valence-electron chi connectivity index (χ1n) is 12.3. The molecule has 1 aromatic carbocycles. The number of nitrogens with one attached hydrogen (secondary N) is 1. The number of rotatable bonds is 6. The van der Waals surface area contributed by atoms with Crippen LogP contribution in [0, 0.1) is 23.2 Å². The number of ether oxygens (including phenoxy) is 1. The van der Waals surface area contributed by atoms with Gasteiger partial charge in [0.2, 0.25) is 0 Å². The van der Waals surface area contributed by atoms with Gasteiger partial charge >= 0.3 is 0 Å². The molecule has 34 heavy (non-hydrogen) atoms. The largest absolute Gasteiger partial charge is 0.493 e. The molecule has 7 rings (SSSR count). The Bertz CT molecular complexity index is 1400. The lowest BCUT2D eigenvalue weighted by atomic mass is 9.49. The van der Waals surface area contributed by atoms with Crippen molar-refractivity contribution < 1.29 is 13.2 Å². The second kappa shape index (κ2) is 7.74. The van der Waals surface area contributed by atoms with Crippen LogP contribution in [0.1, 0.15) is 44.9 Å². The van der Waals surface area contributed by atoms with Gasteiger partial charge in [-0.15, -0.1) is 0 Å². The van der Waals surface area contributed by atoms with Gasteiger partial charge in [-0.25, -0.2) is 8.42 Å². The van der Waals surface area contributed by atoms with E-state index in [2.05, 4.69) is 4.98 Å². The Balaban J connectivity index is 1.34. The van der Waals surface area contributed by atoms with Gasteiger partial charge < -0.3 is 14.3 Å². The lowest BCUT2D eigenvalue weighted by Crippen LogP contribution is -2.46. The number of aromatic amines is 1. The molecule has 4 fully saturated rings. The maximum Gasteiger partial charge on any atom is 0.272 e. The zero-order valence-corrected chi connectivity index (χ0v) is 20.7. The number of pyridine rings is 1. The summed E-state index contributed by atoms with van der Waals surface area (Å²) in [6.45, 7) is 0.628. The van der Waals surface area contributed by atoms with Gasteiger partial charge in [0.25, 0.3) is 5.56 Å². The maximum absolute atomic E-state index is 12.4. The van der Waals surface area contributed by atoms with Crippen molar-refractivity contribution in [3.63, 3.8) is 0 Å². The Morgan fingerprint density at radius 3 is 2.38 bits per heavy atom. The van der Waals surface area contributed by atoms with Crippen molar-refractivity contribution in [3.05, 3.63) is 47.0 Å². The quantitative estimate of drug-likeness (QED) is 0.543. The van der Waals surface area contributed by atoms with E-state index >= 15 is 0 Å². The van der Waals surface area contributed by atoms with Gasteiger partial charge in [0.1, 0.15) is 11.3 Å². The van der Waals surface area contributed by atoms with Gasteiger partial charge in [-0.2, -0.15) is 0 Å². The predicted octanol–water partition coefficient (Wildman–Crippen LogP) is 4.92. The van der Waals surface area contributed by atoms with Crippen LogP contribution in [-0.2, 0) is 16.9 Å². The Kier molecular flexibility index (Phi) is 5.00. The predicted molar refractivity (Wildman–Crippen MR) is 133 cm³/mol. The molecule has 2 aromatic heterocycles. The molecule has 0 aliphatic heterocycles. The minimum atomic E-state index is -3.39. The summed E-state index contributed by atoms with van der Waals surface area (Å²) < 4.78 is 32.8. The molecule has 0 radical (unpaired) electrons. The Labute approximate surface area is 200 Å². The Morgan fingerprint density at radius 1 is 1.06 bits per heavy atom. The average molecular weight is 481 g/mol. The molecule has 7 heteroatoms.